The van der Waals surface area contributed by atoms with Crippen molar-refractivity contribution in [3.05, 3.63) is 71.3 Å². The summed E-state index contributed by atoms with van der Waals surface area (Å²) < 4.78 is 0. The van der Waals surface area contributed by atoms with E-state index < -0.39 is 0 Å². The Morgan fingerprint density at radius 1 is 0.864 bits per heavy atom. The van der Waals surface area contributed by atoms with Crippen molar-refractivity contribution in [1.29, 1.82) is 0 Å². The number of hydrogen-bond donors (Lipinski definition) is 0. The largest absolute Gasteiger partial charge is 0.298 e. The van der Waals surface area contributed by atoms with E-state index in [2.05, 4.69) is 71.3 Å². The summed E-state index contributed by atoms with van der Waals surface area (Å²) in [5.41, 5.74) is 4.59. The molecule has 0 unspecified atom stereocenters. The molecule has 1 fully saturated rings. The summed E-state index contributed by atoms with van der Waals surface area (Å²) in [6.45, 7) is 2.53. The number of rotatable bonds is 2. The molecule has 2 aliphatic rings. The minimum atomic E-state index is 0.561. The summed E-state index contributed by atoms with van der Waals surface area (Å²) in [4.78, 5) is 2.74. The van der Waals surface area contributed by atoms with E-state index in [0.29, 0.717) is 12.0 Å². The molecular weight excluding hydrogens is 286 g/mol. The Hall–Kier alpha value is -1.25. The van der Waals surface area contributed by atoms with Gasteiger partial charge >= 0.3 is 0 Å². The molecule has 0 bridgehead atoms. The quantitative estimate of drug-likeness (QED) is 0.818. The third kappa shape index (κ3) is 2.82. The Kier molecular flexibility index (Phi) is 4.22. The fourth-order valence-corrected chi connectivity index (χ4v) is 4.95. The third-order valence-corrected chi connectivity index (χ3v) is 6.10. The molecule has 114 valence electrons. The molecule has 0 spiro atoms. The second-order valence-electron chi connectivity index (χ2n) is 6.40. The summed E-state index contributed by atoms with van der Waals surface area (Å²) in [6.07, 6.45) is 2.50. The van der Waals surface area contributed by atoms with Gasteiger partial charge in [0.05, 0.1) is 0 Å². The van der Waals surface area contributed by atoms with Gasteiger partial charge in [-0.05, 0) is 29.5 Å². The number of nitrogens with zero attached hydrogens (tertiary/aromatic N) is 1. The highest BCUT2D eigenvalue weighted by Gasteiger charge is 2.31. The average Bonchev–Trinajstić information content (AvgIpc) is 2.62. The molecule has 2 heteroatoms. The zero-order valence-electron chi connectivity index (χ0n) is 12.9. The minimum absolute atomic E-state index is 0.561. The summed E-state index contributed by atoms with van der Waals surface area (Å²) in [5, 5.41) is 0. The third-order valence-electron chi connectivity index (χ3n) is 5.16. The van der Waals surface area contributed by atoms with Crippen molar-refractivity contribution in [3.63, 3.8) is 0 Å². The van der Waals surface area contributed by atoms with Crippen molar-refractivity contribution >= 4 is 11.8 Å². The first kappa shape index (κ1) is 14.3. The van der Waals surface area contributed by atoms with Crippen LogP contribution in [0.1, 0.15) is 29.0 Å². The number of hydrogen-bond acceptors (Lipinski definition) is 2. The first-order valence-electron chi connectivity index (χ1n) is 8.36. The van der Waals surface area contributed by atoms with Crippen molar-refractivity contribution in [2.75, 3.05) is 24.6 Å². The molecule has 2 atom stereocenters. The van der Waals surface area contributed by atoms with Crippen LogP contribution in [0.4, 0.5) is 0 Å². The van der Waals surface area contributed by atoms with Crippen LogP contribution in [0.5, 0.6) is 0 Å². The normalized spacial score (nSPS) is 25.6. The Balaban J connectivity index is 1.67. The molecule has 2 aromatic carbocycles. The maximum absolute atomic E-state index is 2.74. The van der Waals surface area contributed by atoms with Gasteiger partial charge in [0.15, 0.2) is 0 Å². The van der Waals surface area contributed by atoms with E-state index in [1.165, 1.54) is 43.0 Å². The molecule has 1 nitrogen and oxygen atoms in total. The van der Waals surface area contributed by atoms with Crippen LogP contribution in [0.25, 0.3) is 0 Å². The van der Waals surface area contributed by atoms with Crippen LogP contribution in [0.2, 0.25) is 0 Å². The van der Waals surface area contributed by atoms with Gasteiger partial charge < -0.3 is 0 Å². The van der Waals surface area contributed by atoms with E-state index in [1.54, 1.807) is 11.1 Å². The lowest BCUT2D eigenvalue weighted by atomic mass is 9.76. The zero-order chi connectivity index (χ0) is 14.8. The second-order valence-corrected chi connectivity index (χ2v) is 7.63. The molecule has 0 aromatic heterocycles. The molecule has 1 aliphatic carbocycles. The topological polar surface area (TPSA) is 3.24 Å². The van der Waals surface area contributed by atoms with Crippen LogP contribution in [0.3, 0.4) is 0 Å². The Morgan fingerprint density at radius 3 is 2.41 bits per heavy atom. The molecule has 0 N–H and O–H groups in total. The van der Waals surface area contributed by atoms with Gasteiger partial charge in [0, 0.05) is 36.6 Å². The van der Waals surface area contributed by atoms with E-state index in [0.717, 1.165) is 0 Å². The average molecular weight is 309 g/mol. The van der Waals surface area contributed by atoms with E-state index in [-0.39, 0.29) is 0 Å². The van der Waals surface area contributed by atoms with E-state index in [4.69, 9.17) is 0 Å². The van der Waals surface area contributed by atoms with Crippen molar-refractivity contribution in [1.82, 2.24) is 4.90 Å². The lowest BCUT2D eigenvalue weighted by molar-refractivity contribution is 0.192. The molecule has 4 rings (SSSR count). The van der Waals surface area contributed by atoms with Gasteiger partial charge in [-0.3, -0.25) is 4.90 Å². The van der Waals surface area contributed by atoms with Gasteiger partial charge in [0.2, 0.25) is 0 Å². The molecule has 0 amide bonds. The fraction of sp³-hybridized carbons (Fsp3) is 0.400. The van der Waals surface area contributed by atoms with E-state index >= 15 is 0 Å². The molecular formula is C20H23NS. The van der Waals surface area contributed by atoms with Gasteiger partial charge in [-0.2, -0.15) is 11.8 Å². The van der Waals surface area contributed by atoms with Gasteiger partial charge in [-0.1, -0.05) is 54.6 Å². The first-order valence-corrected chi connectivity index (χ1v) is 9.52. The summed E-state index contributed by atoms with van der Waals surface area (Å²) in [7, 11) is 0. The minimum Gasteiger partial charge on any atom is -0.298 e. The molecule has 1 heterocycles. The maximum atomic E-state index is 2.74. The first-order chi connectivity index (χ1) is 10.9. The van der Waals surface area contributed by atoms with Gasteiger partial charge in [0.25, 0.3) is 0 Å². The molecule has 1 aliphatic heterocycles. The van der Waals surface area contributed by atoms with Crippen LogP contribution in [-0.2, 0) is 6.42 Å². The van der Waals surface area contributed by atoms with Crippen molar-refractivity contribution < 1.29 is 0 Å². The van der Waals surface area contributed by atoms with Gasteiger partial charge in [-0.15, -0.1) is 0 Å². The van der Waals surface area contributed by atoms with Crippen LogP contribution >= 0.6 is 11.8 Å². The summed E-state index contributed by atoms with van der Waals surface area (Å²) in [5.74, 6) is 3.16. The van der Waals surface area contributed by atoms with Crippen LogP contribution in [0.15, 0.2) is 54.6 Å². The smallest absolute Gasteiger partial charge is 0.0145 e. The fourth-order valence-electron chi connectivity index (χ4n) is 4.02. The van der Waals surface area contributed by atoms with Crippen molar-refractivity contribution in [2.24, 2.45) is 0 Å². The highest BCUT2D eigenvalue weighted by atomic mass is 32.2. The van der Waals surface area contributed by atoms with Crippen LogP contribution in [0, 0.1) is 0 Å². The predicted molar refractivity (Wildman–Crippen MR) is 95.7 cm³/mol. The molecule has 1 saturated heterocycles. The van der Waals surface area contributed by atoms with E-state index in [1.807, 2.05) is 0 Å². The highest BCUT2D eigenvalue weighted by molar-refractivity contribution is 7.99. The molecule has 0 saturated carbocycles. The Bertz CT molecular complexity index is 619. The molecule has 0 radical (unpaired) electrons. The van der Waals surface area contributed by atoms with E-state index in [9.17, 15) is 0 Å². The number of fused-ring (bicyclic) bond motifs is 1. The second kappa shape index (κ2) is 6.47. The van der Waals surface area contributed by atoms with Crippen molar-refractivity contribution in [2.45, 2.75) is 24.8 Å². The summed E-state index contributed by atoms with van der Waals surface area (Å²) in [6, 6.07) is 20.9. The monoisotopic (exact) mass is 309 g/mol. The number of benzene rings is 2. The maximum Gasteiger partial charge on any atom is 0.0145 e. The molecule has 22 heavy (non-hydrogen) atoms. The zero-order valence-corrected chi connectivity index (χ0v) is 13.8. The molecule has 2 aromatic rings. The van der Waals surface area contributed by atoms with Crippen LogP contribution in [-0.4, -0.2) is 35.5 Å². The van der Waals surface area contributed by atoms with Crippen LogP contribution < -0.4 is 0 Å². The van der Waals surface area contributed by atoms with Gasteiger partial charge in [-0.25, -0.2) is 0 Å². The summed E-state index contributed by atoms with van der Waals surface area (Å²) >= 11 is 2.10. The highest BCUT2D eigenvalue weighted by Crippen LogP contribution is 2.38. The SMILES string of the molecule is c1ccc([C@H]2C[C@H](N3CCSCC3)Cc3ccccc32)cc1. The van der Waals surface area contributed by atoms with Crippen molar-refractivity contribution in [3.8, 4) is 0 Å². The number of thioether (sulfide) groups is 1. The predicted octanol–water partition coefficient (Wildman–Crippen LogP) is 4.18. The standard InChI is InChI=1S/C20H23NS/c1-2-6-16(7-3-1)20-15-18(21-10-12-22-13-11-21)14-17-8-4-5-9-19(17)20/h1-9,18,20H,10-15H2/t18-,20-/m1/s1. The Morgan fingerprint density at radius 2 is 1.59 bits per heavy atom. The van der Waals surface area contributed by atoms with Gasteiger partial charge in [0.1, 0.15) is 0 Å². The lowest BCUT2D eigenvalue weighted by Crippen LogP contribution is -2.44. The lowest BCUT2D eigenvalue weighted by Gasteiger charge is -2.40. The Labute approximate surface area is 137 Å².